The number of esters is 1. The Hall–Kier alpha value is -2.96. The summed E-state index contributed by atoms with van der Waals surface area (Å²) in [5.41, 5.74) is 1.10. The van der Waals surface area contributed by atoms with Gasteiger partial charge in [0.15, 0.2) is 11.5 Å². The molecule has 2 rings (SSSR count). The van der Waals surface area contributed by atoms with Crippen LogP contribution in [0.25, 0.3) is 11.3 Å². The summed E-state index contributed by atoms with van der Waals surface area (Å²) in [7, 11) is 3.11. The first kappa shape index (κ1) is 21.3. The number of aryl methyl sites for hydroxylation is 1. The van der Waals surface area contributed by atoms with Gasteiger partial charge in [-0.15, -0.1) is 0 Å². The van der Waals surface area contributed by atoms with Gasteiger partial charge in [-0.3, -0.25) is 4.79 Å². The van der Waals surface area contributed by atoms with Crippen molar-refractivity contribution < 1.29 is 28.2 Å². The minimum atomic E-state index is -0.730. The van der Waals surface area contributed by atoms with Crippen molar-refractivity contribution in [3.63, 3.8) is 0 Å². The van der Waals surface area contributed by atoms with Crippen LogP contribution in [0.4, 0.5) is 0 Å². The normalized spacial score (nSPS) is 11.8. The zero-order valence-electron chi connectivity index (χ0n) is 17.1. The first-order valence-corrected chi connectivity index (χ1v) is 9.12. The molecule has 152 valence electrons. The Kier molecular flexibility index (Phi) is 7.09. The highest BCUT2D eigenvalue weighted by Gasteiger charge is 2.27. The topological polar surface area (TPSA) is 87.0 Å². The van der Waals surface area contributed by atoms with Crippen molar-refractivity contribution >= 4 is 11.9 Å². The molecule has 1 aromatic heterocycles. The van der Waals surface area contributed by atoms with Crippen LogP contribution < -0.4 is 14.8 Å². The molecular weight excluding hydrogens is 362 g/mol. The Bertz CT molecular complexity index is 839. The highest BCUT2D eigenvalue weighted by Crippen LogP contribution is 2.34. The average molecular weight is 389 g/mol. The van der Waals surface area contributed by atoms with Crippen molar-refractivity contribution in [1.29, 1.82) is 0 Å². The van der Waals surface area contributed by atoms with Crippen LogP contribution in [-0.4, -0.2) is 38.7 Å². The molecule has 0 aliphatic heterocycles. The van der Waals surface area contributed by atoms with Crippen LogP contribution in [0, 0.1) is 12.8 Å². The Morgan fingerprint density at radius 1 is 1.11 bits per heavy atom. The van der Waals surface area contributed by atoms with Crippen molar-refractivity contribution in [2.75, 3.05) is 20.8 Å². The maximum atomic E-state index is 12.7. The first-order chi connectivity index (χ1) is 13.3. The number of amides is 1. The van der Waals surface area contributed by atoms with Gasteiger partial charge in [-0.1, -0.05) is 13.8 Å². The number of benzene rings is 1. The molecule has 2 aromatic rings. The maximum Gasteiger partial charge on any atom is 0.328 e. The van der Waals surface area contributed by atoms with E-state index in [4.69, 9.17) is 18.6 Å². The van der Waals surface area contributed by atoms with Crippen LogP contribution in [0.5, 0.6) is 11.5 Å². The molecule has 0 bridgehead atoms. The Labute approximate surface area is 165 Å². The number of hydrogen-bond donors (Lipinski definition) is 1. The molecule has 7 nitrogen and oxygen atoms in total. The van der Waals surface area contributed by atoms with Crippen LogP contribution in [0.2, 0.25) is 0 Å². The van der Waals surface area contributed by atoms with Crippen molar-refractivity contribution in [3.05, 3.63) is 35.6 Å². The number of carbonyl (C=O) groups is 2. The van der Waals surface area contributed by atoms with E-state index in [1.807, 2.05) is 19.9 Å². The standard InChI is InChI=1S/C21H27NO6/c1-7-27-21(24)19(12(2)3)22-20(23)15-11-17(28-13(15)4)14-8-9-16(25-5)18(10-14)26-6/h8-12,19H,7H2,1-6H3,(H,22,23). The smallest absolute Gasteiger partial charge is 0.328 e. The Balaban J connectivity index is 2.28. The van der Waals surface area contributed by atoms with Gasteiger partial charge in [-0.05, 0) is 44.0 Å². The van der Waals surface area contributed by atoms with Crippen LogP contribution in [0.1, 0.15) is 36.9 Å². The lowest BCUT2D eigenvalue weighted by Gasteiger charge is -2.20. The van der Waals surface area contributed by atoms with E-state index in [1.165, 1.54) is 0 Å². The minimum absolute atomic E-state index is 0.111. The third-order valence-electron chi connectivity index (χ3n) is 4.32. The second kappa shape index (κ2) is 9.30. The summed E-state index contributed by atoms with van der Waals surface area (Å²) in [6.45, 7) is 7.38. The monoisotopic (exact) mass is 389 g/mol. The number of hydrogen-bond acceptors (Lipinski definition) is 6. The largest absolute Gasteiger partial charge is 0.493 e. The number of furan rings is 1. The molecule has 1 atom stereocenters. The van der Waals surface area contributed by atoms with Gasteiger partial charge in [0, 0.05) is 5.56 Å². The summed E-state index contributed by atoms with van der Waals surface area (Å²) in [4.78, 5) is 24.8. The number of carbonyl (C=O) groups excluding carboxylic acids is 2. The van der Waals surface area contributed by atoms with Gasteiger partial charge in [-0.25, -0.2) is 4.79 Å². The molecule has 1 unspecified atom stereocenters. The van der Waals surface area contributed by atoms with E-state index in [1.54, 1.807) is 46.3 Å². The third-order valence-corrected chi connectivity index (χ3v) is 4.32. The number of rotatable bonds is 8. The molecule has 1 N–H and O–H groups in total. The summed E-state index contributed by atoms with van der Waals surface area (Å²) in [5.74, 6) is 1.17. The minimum Gasteiger partial charge on any atom is -0.493 e. The van der Waals surface area contributed by atoms with Gasteiger partial charge in [-0.2, -0.15) is 0 Å². The lowest BCUT2D eigenvalue weighted by Crippen LogP contribution is -2.45. The molecule has 1 aromatic carbocycles. The average Bonchev–Trinajstić information content (AvgIpc) is 3.06. The summed E-state index contributed by atoms with van der Waals surface area (Å²) in [5, 5.41) is 2.75. The zero-order chi connectivity index (χ0) is 20.8. The predicted octanol–water partition coefficient (Wildman–Crippen LogP) is 3.59. The molecule has 0 radical (unpaired) electrons. The van der Waals surface area contributed by atoms with Crippen LogP contribution in [0.3, 0.4) is 0 Å². The molecule has 0 aliphatic rings. The van der Waals surface area contributed by atoms with E-state index in [9.17, 15) is 9.59 Å². The van der Waals surface area contributed by atoms with Crippen LogP contribution in [-0.2, 0) is 9.53 Å². The highest BCUT2D eigenvalue weighted by atomic mass is 16.5. The molecule has 28 heavy (non-hydrogen) atoms. The quantitative estimate of drug-likeness (QED) is 0.694. The van der Waals surface area contributed by atoms with Gasteiger partial charge >= 0.3 is 5.97 Å². The van der Waals surface area contributed by atoms with Crippen molar-refractivity contribution in [3.8, 4) is 22.8 Å². The maximum absolute atomic E-state index is 12.7. The van der Waals surface area contributed by atoms with Crippen molar-refractivity contribution in [2.45, 2.75) is 33.7 Å². The summed E-state index contributed by atoms with van der Waals surface area (Å²) >= 11 is 0. The van der Waals surface area contributed by atoms with Crippen LogP contribution in [0.15, 0.2) is 28.7 Å². The van der Waals surface area contributed by atoms with Crippen molar-refractivity contribution in [2.24, 2.45) is 5.92 Å². The molecule has 0 saturated carbocycles. The fourth-order valence-electron chi connectivity index (χ4n) is 2.79. The zero-order valence-corrected chi connectivity index (χ0v) is 17.1. The molecule has 0 aliphatic carbocycles. The first-order valence-electron chi connectivity index (χ1n) is 9.12. The molecule has 7 heteroatoms. The number of nitrogens with one attached hydrogen (secondary N) is 1. The second-order valence-electron chi connectivity index (χ2n) is 6.60. The lowest BCUT2D eigenvalue weighted by atomic mass is 10.0. The lowest BCUT2D eigenvalue weighted by molar-refractivity contribution is -0.146. The summed E-state index contributed by atoms with van der Waals surface area (Å²) in [6.07, 6.45) is 0. The van der Waals surface area contributed by atoms with E-state index in [0.717, 1.165) is 5.56 Å². The van der Waals surface area contributed by atoms with Gasteiger partial charge in [0.1, 0.15) is 17.6 Å². The van der Waals surface area contributed by atoms with Gasteiger partial charge in [0.05, 0.1) is 26.4 Å². The fraction of sp³-hybridized carbons (Fsp3) is 0.429. The summed E-state index contributed by atoms with van der Waals surface area (Å²) < 4.78 is 21.4. The Morgan fingerprint density at radius 3 is 2.36 bits per heavy atom. The number of methoxy groups -OCH3 is 2. The fourth-order valence-corrected chi connectivity index (χ4v) is 2.79. The van der Waals surface area contributed by atoms with E-state index >= 15 is 0 Å². The van der Waals surface area contributed by atoms with E-state index < -0.39 is 12.0 Å². The molecule has 0 fully saturated rings. The van der Waals surface area contributed by atoms with E-state index in [0.29, 0.717) is 28.6 Å². The van der Waals surface area contributed by atoms with E-state index in [-0.39, 0.29) is 18.4 Å². The third kappa shape index (κ3) is 4.65. The predicted molar refractivity (Wildman–Crippen MR) is 105 cm³/mol. The molecule has 0 spiro atoms. The van der Waals surface area contributed by atoms with Gasteiger partial charge in [0.25, 0.3) is 5.91 Å². The van der Waals surface area contributed by atoms with Gasteiger partial charge < -0.3 is 23.9 Å². The molecule has 1 amide bonds. The molecule has 1 heterocycles. The van der Waals surface area contributed by atoms with Crippen LogP contribution >= 0.6 is 0 Å². The molecular formula is C21H27NO6. The SMILES string of the molecule is CCOC(=O)C(NC(=O)c1cc(-c2ccc(OC)c(OC)c2)oc1C)C(C)C. The van der Waals surface area contributed by atoms with Gasteiger partial charge in [0.2, 0.25) is 0 Å². The number of ether oxygens (including phenoxy) is 3. The van der Waals surface area contributed by atoms with E-state index in [2.05, 4.69) is 5.32 Å². The second-order valence-corrected chi connectivity index (χ2v) is 6.60. The Morgan fingerprint density at radius 2 is 1.79 bits per heavy atom. The molecule has 0 saturated heterocycles. The highest BCUT2D eigenvalue weighted by molar-refractivity contribution is 5.98. The summed E-state index contributed by atoms with van der Waals surface area (Å²) in [6, 6.07) is 6.27. The van der Waals surface area contributed by atoms with Crippen molar-refractivity contribution in [1.82, 2.24) is 5.32 Å².